The molecule has 2 heterocycles. The number of nitrogens with zero attached hydrogens (tertiary/aromatic N) is 3. The maximum atomic E-state index is 12.7. The van der Waals surface area contributed by atoms with E-state index in [1.807, 2.05) is 60.0 Å². The summed E-state index contributed by atoms with van der Waals surface area (Å²) >= 11 is 1.35. The molecule has 0 aliphatic heterocycles. The highest BCUT2D eigenvalue weighted by atomic mass is 32.2. The highest BCUT2D eigenvalue weighted by molar-refractivity contribution is 8.00. The number of rotatable bonds is 7. The first-order valence-electron chi connectivity index (χ1n) is 9.20. The fourth-order valence-electron chi connectivity index (χ4n) is 2.98. The quantitative estimate of drug-likeness (QED) is 0.347. The molecular formula is C22H20N4O2S. The summed E-state index contributed by atoms with van der Waals surface area (Å²) in [5, 5.41) is 14.0. The molecule has 0 fully saturated rings. The number of nitrogens with one attached hydrogen (secondary N) is 1. The number of thioether (sulfide) groups is 1. The van der Waals surface area contributed by atoms with Gasteiger partial charge in [0.25, 0.3) is 0 Å². The fourth-order valence-corrected chi connectivity index (χ4v) is 3.84. The summed E-state index contributed by atoms with van der Waals surface area (Å²) in [6.45, 7) is 6.16. The van der Waals surface area contributed by atoms with Crippen LogP contribution in [-0.2, 0) is 11.3 Å². The Kier molecular flexibility index (Phi) is 5.48. The summed E-state index contributed by atoms with van der Waals surface area (Å²) in [5.41, 5.74) is 0.769. The number of anilines is 1. The molecule has 0 aliphatic carbocycles. The van der Waals surface area contributed by atoms with Crippen LogP contribution in [0.15, 0.2) is 83.1 Å². The van der Waals surface area contributed by atoms with Crippen LogP contribution in [0.3, 0.4) is 0 Å². The number of hydrogen-bond acceptors (Lipinski definition) is 5. The van der Waals surface area contributed by atoms with Crippen molar-refractivity contribution < 1.29 is 9.21 Å². The maximum absolute atomic E-state index is 12.7. The monoisotopic (exact) mass is 404 g/mol. The zero-order valence-electron chi connectivity index (χ0n) is 15.9. The number of carbonyl (C=O) groups excluding carboxylic acids is 1. The van der Waals surface area contributed by atoms with E-state index in [1.165, 1.54) is 11.8 Å². The van der Waals surface area contributed by atoms with Crippen molar-refractivity contribution in [2.75, 3.05) is 5.32 Å². The molecule has 2 aromatic carbocycles. The molecular weight excluding hydrogens is 384 g/mol. The van der Waals surface area contributed by atoms with E-state index < -0.39 is 0 Å². The minimum Gasteiger partial charge on any atom is -0.461 e. The lowest BCUT2D eigenvalue weighted by Crippen LogP contribution is -2.23. The first kappa shape index (κ1) is 19.0. The van der Waals surface area contributed by atoms with Crippen LogP contribution in [0.4, 0.5) is 5.69 Å². The Bertz CT molecular complexity index is 1150. The Morgan fingerprint density at radius 3 is 2.79 bits per heavy atom. The topological polar surface area (TPSA) is 73.0 Å². The fraction of sp³-hybridized carbons (Fsp3) is 0.136. The highest BCUT2D eigenvalue weighted by Crippen LogP contribution is 2.28. The second-order valence-electron chi connectivity index (χ2n) is 6.49. The van der Waals surface area contributed by atoms with Gasteiger partial charge in [0.05, 0.1) is 11.5 Å². The normalized spacial score (nSPS) is 12.0. The predicted octanol–water partition coefficient (Wildman–Crippen LogP) is 5.00. The molecule has 29 heavy (non-hydrogen) atoms. The summed E-state index contributed by atoms with van der Waals surface area (Å²) in [7, 11) is 0. The number of carbonyl (C=O) groups is 1. The zero-order valence-corrected chi connectivity index (χ0v) is 16.7. The number of amides is 1. The van der Waals surface area contributed by atoms with Gasteiger partial charge in [0.1, 0.15) is 0 Å². The molecule has 1 unspecified atom stereocenters. The van der Waals surface area contributed by atoms with E-state index in [4.69, 9.17) is 4.42 Å². The number of benzene rings is 2. The summed E-state index contributed by atoms with van der Waals surface area (Å²) in [6.07, 6.45) is 3.36. The van der Waals surface area contributed by atoms with Gasteiger partial charge in [0.2, 0.25) is 11.7 Å². The van der Waals surface area contributed by atoms with Crippen molar-refractivity contribution in [3.63, 3.8) is 0 Å². The molecule has 0 saturated carbocycles. The largest absolute Gasteiger partial charge is 0.461 e. The predicted molar refractivity (Wildman–Crippen MR) is 116 cm³/mol. The molecule has 0 saturated heterocycles. The van der Waals surface area contributed by atoms with Crippen molar-refractivity contribution in [2.45, 2.75) is 23.9 Å². The van der Waals surface area contributed by atoms with Crippen LogP contribution < -0.4 is 5.32 Å². The number of fused-ring (bicyclic) bond motifs is 1. The second-order valence-corrected chi connectivity index (χ2v) is 7.80. The molecule has 2 aromatic heterocycles. The first-order chi connectivity index (χ1) is 14.2. The molecule has 0 radical (unpaired) electrons. The Morgan fingerprint density at radius 1 is 1.21 bits per heavy atom. The maximum Gasteiger partial charge on any atom is 0.237 e. The van der Waals surface area contributed by atoms with Gasteiger partial charge in [-0.15, -0.1) is 16.8 Å². The molecule has 7 heteroatoms. The van der Waals surface area contributed by atoms with Gasteiger partial charge in [-0.25, -0.2) is 0 Å². The van der Waals surface area contributed by atoms with E-state index in [9.17, 15) is 4.79 Å². The van der Waals surface area contributed by atoms with Crippen molar-refractivity contribution in [3.8, 4) is 11.6 Å². The second kappa shape index (κ2) is 8.36. The Hall–Kier alpha value is -3.32. The minimum atomic E-state index is -0.362. The third kappa shape index (κ3) is 4.09. The smallest absolute Gasteiger partial charge is 0.237 e. The van der Waals surface area contributed by atoms with Gasteiger partial charge in [-0.2, -0.15) is 0 Å². The van der Waals surface area contributed by atoms with Crippen LogP contribution in [0.25, 0.3) is 22.4 Å². The summed E-state index contributed by atoms with van der Waals surface area (Å²) in [5.74, 6) is 1.14. The van der Waals surface area contributed by atoms with Crippen molar-refractivity contribution >= 4 is 34.1 Å². The standard InChI is InChI=1S/C22H20N4O2S/c1-3-12-26-20(19-9-6-13-28-19)24-25-22(26)29-15(2)21(27)23-18-11-10-16-7-4-5-8-17(16)14-18/h3-11,13-15H,1,12H2,2H3,(H,23,27). The summed E-state index contributed by atoms with van der Waals surface area (Å²) in [6, 6.07) is 17.6. The van der Waals surface area contributed by atoms with Gasteiger partial charge in [-0.3, -0.25) is 9.36 Å². The van der Waals surface area contributed by atoms with Crippen LogP contribution in [-0.4, -0.2) is 25.9 Å². The van der Waals surface area contributed by atoms with E-state index in [0.29, 0.717) is 23.3 Å². The SMILES string of the molecule is C=CCn1c(SC(C)C(=O)Nc2ccc3ccccc3c2)nnc1-c1ccco1. The van der Waals surface area contributed by atoms with E-state index in [0.717, 1.165) is 16.5 Å². The molecule has 1 N–H and O–H groups in total. The molecule has 146 valence electrons. The third-order valence-corrected chi connectivity index (χ3v) is 5.52. The average Bonchev–Trinajstić information content (AvgIpc) is 3.38. The van der Waals surface area contributed by atoms with Crippen LogP contribution in [0.2, 0.25) is 0 Å². The lowest BCUT2D eigenvalue weighted by Gasteiger charge is -2.13. The van der Waals surface area contributed by atoms with Crippen LogP contribution in [0.5, 0.6) is 0 Å². The molecule has 1 atom stereocenters. The van der Waals surface area contributed by atoms with E-state index in [-0.39, 0.29) is 11.2 Å². The first-order valence-corrected chi connectivity index (χ1v) is 10.1. The van der Waals surface area contributed by atoms with Crippen LogP contribution in [0, 0.1) is 0 Å². The van der Waals surface area contributed by atoms with Crippen molar-refractivity contribution in [1.29, 1.82) is 0 Å². The van der Waals surface area contributed by atoms with Crippen LogP contribution >= 0.6 is 11.8 Å². The van der Waals surface area contributed by atoms with Crippen molar-refractivity contribution in [3.05, 3.63) is 73.5 Å². The zero-order chi connectivity index (χ0) is 20.2. The van der Waals surface area contributed by atoms with Gasteiger partial charge >= 0.3 is 0 Å². The van der Waals surface area contributed by atoms with Gasteiger partial charge < -0.3 is 9.73 Å². The lowest BCUT2D eigenvalue weighted by molar-refractivity contribution is -0.115. The molecule has 4 aromatic rings. The van der Waals surface area contributed by atoms with Gasteiger partial charge in [0, 0.05) is 12.2 Å². The number of hydrogen-bond donors (Lipinski definition) is 1. The van der Waals surface area contributed by atoms with Crippen LogP contribution in [0.1, 0.15) is 6.92 Å². The Morgan fingerprint density at radius 2 is 2.03 bits per heavy atom. The van der Waals surface area contributed by atoms with Gasteiger partial charge in [0.15, 0.2) is 10.9 Å². The number of aromatic nitrogens is 3. The van der Waals surface area contributed by atoms with E-state index in [1.54, 1.807) is 18.4 Å². The molecule has 0 aliphatic rings. The lowest BCUT2D eigenvalue weighted by atomic mass is 10.1. The third-order valence-electron chi connectivity index (χ3n) is 4.44. The van der Waals surface area contributed by atoms with Crippen molar-refractivity contribution in [2.24, 2.45) is 0 Å². The Balaban J connectivity index is 1.50. The number of allylic oxidation sites excluding steroid dienone is 1. The molecule has 1 amide bonds. The van der Waals surface area contributed by atoms with Gasteiger partial charge in [-0.05, 0) is 42.0 Å². The average molecular weight is 404 g/mol. The molecule has 0 spiro atoms. The molecule has 4 rings (SSSR count). The molecule has 6 nitrogen and oxygen atoms in total. The Labute approximate surface area is 172 Å². The van der Waals surface area contributed by atoms with E-state index >= 15 is 0 Å². The van der Waals surface area contributed by atoms with Crippen molar-refractivity contribution in [1.82, 2.24) is 14.8 Å². The summed E-state index contributed by atoms with van der Waals surface area (Å²) < 4.78 is 7.33. The highest BCUT2D eigenvalue weighted by Gasteiger charge is 2.21. The molecule has 0 bridgehead atoms. The number of furan rings is 1. The minimum absolute atomic E-state index is 0.0991. The summed E-state index contributed by atoms with van der Waals surface area (Å²) in [4.78, 5) is 12.7. The van der Waals surface area contributed by atoms with Gasteiger partial charge in [-0.1, -0.05) is 48.2 Å². The van der Waals surface area contributed by atoms with E-state index in [2.05, 4.69) is 22.1 Å².